The van der Waals surface area contributed by atoms with Crippen molar-refractivity contribution in [3.05, 3.63) is 16.1 Å². The molecule has 0 radical (unpaired) electrons. The lowest BCUT2D eigenvalue weighted by Crippen LogP contribution is -2.38. The van der Waals surface area contributed by atoms with Gasteiger partial charge in [-0.05, 0) is 19.8 Å². The number of carbonyl (C=O) groups is 1. The van der Waals surface area contributed by atoms with Crippen molar-refractivity contribution >= 4 is 17.2 Å². The van der Waals surface area contributed by atoms with E-state index in [1.54, 1.807) is 16.8 Å². The van der Waals surface area contributed by atoms with Crippen LogP contribution in [0.25, 0.3) is 0 Å². The van der Waals surface area contributed by atoms with Crippen molar-refractivity contribution in [1.29, 1.82) is 0 Å². The lowest BCUT2D eigenvalue weighted by Gasteiger charge is -2.31. The van der Waals surface area contributed by atoms with E-state index in [4.69, 9.17) is 0 Å². The zero-order valence-electron chi connectivity index (χ0n) is 10.7. The van der Waals surface area contributed by atoms with Gasteiger partial charge in [-0.3, -0.25) is 4.79 Å². The minimum absolute atomic E-state index is 0.0628. The van der Waals surface area contributed by atoms with E-state index in [1.165, 1.54) is 6.42 Å². The van der Waals surface area contributed by atoms with Gasteiger partial charge in [-0.2, -0.15) is 0 Å². The topological polar surface area (TPSA) is 62.2 Å². The van der Waals surface area contributed by atoms with Gasteiger partial charge in [-0.25, -0.2) is 4.98 Å². The van der Waals surface area contributed by atoms with Gasteiger partial charge in [0.15, 0.2) is 0 Å². The zero-order valence-corrected chi connectivity index (χ0v) is 11.6. The maximum Gasteiger partial charge on any atom is 0.223 e. The Morgan fingerprint density at radius 1 is 1.50 bits per heavy atom. The molecule has 2 N–H and O–H groups in total. The van der Waals surface area contributed by atoms with Crippen LogP contribution in [-0.4, -0.2) is 21.6 Å². The van der Waals surface area contributed by atoms with E-state index in [0.29, 0.717) is 6.54 Å². The van der Waals surface area contributed by atoms with Crippen molar-refractivity contribution in [2.24, 2.45) is 0 Å². The predicted octanol–water partition coefficient (Wildman–Crippen LogP) is 2.15. The molecule has 5 heteroatoms. The van der Waals surface area contributed by atoms with Crippen LogP contribution < -0.4 is 5.32 Å². The van der Waals surface area contributed by atoms with Crippen LogP contribution in [0.3, 0.4) is 0 Å². The third-order valence-electron chi connectivity index (χ3n) is 3.56. The number of aryl methyl sites for hydroxylation is 1. The molecule has 4 nitrogen and oxygen atoms in total. The molecule has 1 fully saturated rings. The second kappa shape index (κ2) is 5.80. The first-order valence-electron chi connectivity index (χ1n) is 6.47. The Bertz CT molecular complexity index is 411. The average Bonchev–Trinajstić information content (AvgIpc) is 2.72. The van der Waals surface area contributed by atoms with Crippen molar-refractivity contribution in [3.8, 4) is 0 Å². The highest BCUT2D eigenvalue weighted by Gasteiger charge is 2.31. The molecule has 0 unspecified atom stereocenters. The number of thiazole rings is 1. The largest absolute Gasteiger partial charge is 0.389 e. The molecule has 0 aliphatic heterocycles. The molecule has 1 aliphatic rings. The quantitative estimate of drug-likeness (QED) is 0.879. The fourth-order valence-electron chi connectivity index (χ4n) is 2.42. The Morgan fingerprint density at radius 2 is 2.22 bits per heavy atom. The summed E-state index contributed by atoms with van der Waals surface area (Å²) in [5, 5.41) is 13.2. The zero-order chi connectivity index (χ0) is 13.0. The summed E-state index contributed by atoms with van der Waals surface area (Å²) in [5.41, 5.74) is 1.98. The van der Waals surface area contributed by atoms with Crippen molar-refractivity contribution in [1.82, 2.24) is 10.3 Å². The van der Waals surface area contributed by atoms with Gasteiger partial charge in [0.25, 0.3) is 0 Å². The fraction of sp³-hybridized carbons (Fsp3) is 0.692. The third-order valence-corrected chi connectivity index (χ3v) is 4.50. The molecule has 1 aliphatic carbocycles. The first-order chi connectivity index (χ1) is 8.59. The average molecular weight is 268 g/mol. The van der Waals surface area contributed by atoms with Crippen LogP contribution in [0.4, 0.5) is 0 Å². The van der Waals surface area contributed by atoms with E-state index in [9.17, 15) is 9.90 Å². The number of amides is 1. The number of hydrogen-bond acceptors (Lipinski definition) is 4. The maximum atomic E-state index is 11.8. The number of rotatable bonds is 4. The first kappa shape index (κ1) is 13.5. The summed E-state index contributed by atoms with van der Waals surface area (Å²) in [4.78, 5) is 17.1. The van der Waals surface area contributed by atoms with Gasteiger partial charge in [0.1, 0.15) is 0 Å². The van der Waals surface area contributed by atoms with Crippen LogP contribution in [0.15, 0.2) is 5.51 Å². The highest BCUT2D eigenvalue weighted by atomic mass is 32.1. The van der Waals surface area contributed by atoms with Gasteiger partial charge in [0.2, 0.25) is 5.91 Å². The maximum absolute atomic E-state index is 11.8. The Kier molecular flexibility index (Phi) is 4.35. The Balaban J connectivity index is 1.80. The molecule has 0 atom stereocenters. The van der Waals surface area contributed by atoms with Gasteiger partial charge in [0, 0.05) is 4.88 Å². The highest BCUT2D eigenvalue weighted by molar-refractivity contribution is 7.09. The van der Waals surface area contributed by atoms with Crippen molar-refractivity contribution < 1.29 is 9.90 Å². The number of nitrogens with one attached hydrogen (secondary N) is 1. The van der Waals surface area contributed by atoms with Crippen LogP contribution in [-0.2, 0) is 11.3 Å². The highest BCUT2D eigenvalue weighted by Crippen LogP contribution is 2.30. The predicted molar refractivity (Wildman–Crippen MR) is 71.3 cm³/mol. The monoisotopic (exact) mass is 268 g/mol. The molecular formula is C13H20N2O2S. The van der Waals surface area contributed by atoms with Crippen molar-refractivity contribution in [3.63, 3.8) is 0 Å². The fourth-order valence-corrected chi connectivity index (χ4v) is 3.14. The second-order valence-corrected chi connectivity index (χ2v) is 6.04. The molecule has 1 amide bonds. The van der Waals surface area contributed by atoms with Crippen LogP contribution in [0.2, 0.25) is 0 Å². The summed E-state index contributed by atoms with van der Waals surface area (Å²) in [6.07, 6.45) is 4.95. The SMILES string of the molecule is Cc1ncsc1CNC(=O)CC1(O)CCCCC1. The summed E-state index contributed by atoms with van der Waals surface area (Å²) in [6, 6.07) is 0. The number of aliphatic hydroxyl groups is 1. The summed E-state index contributed by atoms with van der Waals surface area (Å²) in [5.74, 6) is -0.0628. The first-order valence-corrected chi connectivity index (χ1v) is 7.35. The Hall–Kier alpha value is -0.940. The molecule has 1 heterocycles. The molecule has 0 saturated heterocycles. The van der Waals surface area contributed by atoms with E-state index in [1.807, 2.05) is 6.92 Å². The van der Waals surface area contributed by atoms with E-state index < -0.39 is 5.60 Å². The van der Waals surface area contributed by atoms with E-state index in [2.05, 4.69) is 10.3 Å². The molecule has 0 aromatic carbocycles. The van der Waals surface area contributed by atoms with Gasteiger partial charge in [-0.1, -0.05) is 19.3 Å². The number of nitrogens with zero attached hydrogens (tertiary/aromatic N) is 1. The molecule has 18 heavy (non-hydrogen) atoms. The molecule has 1 aromatic heterocycles. The molecule has 100 valence electrons. The summed E-state index contributed by atoms with van der Waals surface area (Å²) in [6.45, 7) is 2.46. The minimum Gasteiger partial charge on any atom is -0.389 e. The lowest BCUT2D eigenvalue weighted by molar-refractivity contribution is -0.127. The molecule has 1 saturated carbocycles. The smallest absolute Gasteiger partial charge is 0.223 e. The number of hydrogen-bond donors (Lipinski definition) is 2. The van der Waals surface area contributed by atoms with Crippen LogP contribution in [0.1, 0.15) is 49.1 Å². The third kappa shape index (κ3) is 3.53. The van der Waals surface area contributed by atoms with Crippen molar-refractivity contribution in [2.75, 3.05) is 0 Å². The number of aromatic nitrogens is 1. The van der Waals surface area contributed by atoms with Crippen LogP contribution in [0, 0.1) is 6.92 Å². The van der Waals surface area contributed by atoms with Crippen LogP contribution in [0.5, 0.6) is 0 Å². The second-order valence-electron chi connectivity index (χ2n) is 5.10. The Morgan fingerprint density at radius 3 is 2.83 bits per heavy atom. The summed E-state index contributed by atoms with van der Waals surface area (Å²) >= 11 is 1.55. The molecule has 2 rings (SSSR count). The summed E-state index contributed by atoms with van der Waals surface area (Å²) < 4.78 is 0. The van der Waals surface area contributed by atoms with Gasteiger partial charge in [-0.15, -0.1) is 11.3 Å². The van der Waals surface area contributed by atoms with E-state index >= 15 is 0 Å². The molecular weight excluding hydrogens is 248 g/mol. The van der Waals surface area contributed by atoms with Crippen LogP contribution >= 0.6 is 11.3 Å². The molecule has 1 aromatic rings. The normalized spacial score (nSPS) is 18.6. The standard InChI is InChI=1S/C13H20N2O2S/c1-10-11(18-9-15-10)8-14-12(16)7-13(17)5-3-2-4-6-13/h9,17H,2-8H2,1H3,(H,14,16). The lowest BCUT2D eigenvalue weighted by atomic mass is 9.82. The minimum atomic E-state index is -0.773. The van der Waals surface area contributed by atoms with E-state index in [-0.39, 0.29) is 12.3 Å². The van der Waals surface area contributed by atoms with Crippen molar-refractivity contribution in [2.45, 2.75) is 57.6 Å². The van der Waals surface area contributed by atoms with Gasteiger partial charge < -0.3 is 10.4 Å². The number of carbonyl (C=O) groups excluding carboxylic acids is 1. The van der Waals surface area contributed by atoms with E-state index in [0.717, 1.165) is 36.3 Å². The molecule has 0 bridgehead atoms. The molecule has 0 spiro atoms. The summed E-state index contributed by atoms with van der Waals surface area (Å²) in [7, 11) is 0. The van der Waals surface area contributed by atoms with Gasteiger partial charge in [0.05, 0.1) is 29.8 Å². The van der Waals surface area contributed by atoms with Gasteiger partial charge >= 0.3 is 0 Å². The Labute approximate surface area is 111 Å².